The lowest BCUT2D eigenvalue weighted by Gasteiger charge is -2.31. The summed E-state index contributed by atoms with van der Waals surface area (Å²) >= 11 is 0. The van der Waals surface area contributed by atoms with Crippen LogP contribution in [0.1, 0.15) is 24.6 Å². The molecule has 1 N–H and O–H groups in total. The average Bonchev–Trinajstić information content (AvgIpc) is 2.97. The van der Waals surface area contributed by atoms with Crippen LogP contribution in [0.15, 0.2) is 24.4 Å². The van der Waals surface area contributed by atoms with Crippen LogP contribution in [-0.2, 0) is 4.79 Å². The lowest BCUT2D eigenvalue weighted by molar-refractivity contribution is -0.133. The highest BCUT2D eigenvalue weighted by Crippen LogP contribution is 2.30. The van der Waals surface area contributed by atoms with Crippen molar-refractivity contribution in [1.82, 2.24) is 20.1 Å². The summed E-state index contributed by atoms with van der Waals surface area (Å²) in [5, 5.41) is 3.28. The summed E-state index contributed by atoms with van der Waals surface area (Å²) in [6.45, 7) is 5.02. The van der Waals surface area contributed by atoms with E-state index >= 15 is 0 Å². The fourth-order valence-electron chi connectivity index (χ4n) is 3.11. The Morgan fingerprint density at radius 2 is 2.15 bits per heavy atom. The Morgan fingerprint density at radius 3 is 2.90 bits per heavy atom. The number of amides is 1. The van der Waals surface area contributed by atoms with E-state index in [1.807, 2.05) is 23.2 Å². The number of nitrogens with zero attached hydrogens (tertiary/aromatic N) is 3. The van der Waals surface area contributed by atoms with Crippen molar-refractivity contribution in [2.75, 3.05) is 39.3 Å². The molecule has 1 atom stereocenters. The van der Waals surface area contributed by atoms with Crippen LogP contribution in [0.4, 0.5) is 0 Å². The predicted molar refractivity (Wildman–Crippen MR) is 77.2 cm³/mol. The smallest absolute Gasteiger partial charge is 0.236 e. The van der Waals surface area contributed by atoms with Crippen LogP contribution in [0, 0.1) is 0 Å². The summed E-state index contributed by atoms with van der Waals surface area (Å²) in [5.41, 5.74) is 1.10. The van der Waals surface area contributed by atoms with Crippen LogP contribution >= 0.6 is 0 Å². The minimum Gasteiger partial charge on any atom is -0.339 e. The molecule has 0 spiro atoms. The van der Waals surface area contributed by atoms with Gasteiger partial charge in [0.25, 0.3) is 0 Å². The molecule has 20 heavy (non-hydrogen) atoms. The average molecular weight is 274 g/mol. The Hall–Kier alpha value is -1.46. The van der Waals surface area contributed by atoms with Crippen LogP contribution in [0.25, 0.3) is 0 Å². The van der Waals surface area contributed by atoms with Gasteiger partial charge in [-0.25, -0.2) is 0 Å². The molecule has 1 aromatic rings. The van der Waals surface area contributed by atoms with E-state index in [4.69, 9.17) is 0 Å². The van der Waals surface area contributed by atoms with Gasteiger partial charge in [0, 0.05) is 32.4 Å². The molecule has 1 aromatic heterocycles. The molecule has 3 heterocycles. The number of carbonyl (C=O) groups excluding carboxylic acids is 1. The quantitative estimate of drug-likeness (QED) is 0.879. The standard InChI is InChI=1S/C15H22N4O/c20-15(18-10-7-16-8-11-18)12-19-9-3-5-14(19)13-4-1-2-6-17-13/h1-2,4,6,14,16H,3,5,7-12H2/t14-/m0/s1. The van der Waals surface area contributed by atoms with E-state index in [9.17, 15) is 4.79 Å². The Balaban J connectivity index is 1.62. The molecular formula is C15H22N4O. The van der Waals surface area contributed by atoms with Crippen molar-refractivity contribution in [2.45, 2.75) is 18.9 Å². The van der Waals surface area contributed by atoms with Crippen molar-refractivity contribution < 1.29 is 4.79 Å². The maximum absolute atomic E-state index is 12.4. The Labute approximate surface area is 120 Å². The zero-order chi connectivity index (χ0) is 13.8. The molecule has 2 fully saturated rings. The number of rotatable bonds is 3. The predicted octanol–water partition coefficient (Wildman–Crippen LogP) is 0.650. The van der Waals surface area contributed by atoms with Crippen LogP contribution < -0.4 is 5.32 Å². The molecule has 5 heteroatoms. The molecule has 0 unspecified atom stereocenters. The van der Waals surface area contributed by atoms with Gasteiger partial charge in [-0.15, -0.1) is 0 Å². The van der Waals surface area contributed by atoms with E-state index < -0.39 is 0 Å². The highest BCUT2D eigenvalue weighted by molar-refractivity contribution is 5.78. The van der Waals surface area contributed by atoms with E-state index in [1.54, 1.807) is 0 Å². The summed E-state index contributed by atoms with van der Waals surface area (Å²) in [5.74, 6) is 0.259. The summed E-state index contributed by atoms with van der Waals surface area (Å²) in [4.78, 5) is 21.1. The second-order valence-electron chi connectivity index (χ2n) is 5.51. The first-order valence-corrected chi connectivity index (χ1v) is 7.48. The fraction of sp³-hybridized carbons (Fsp3) is 0.600. The monoisotopic (exact) mass is 274 g/mol. The molecule has 0 bridgehead atoms. The third kappa shape index (κ3) is 2.99. The van der Waals surface area contributed by atoms with Crippen LogP contribution in [0.5, 0.6) is 0 Å². The van der Waals surface area contributed by atoms with Crippen molar-refractivity contribution in [3.05, 3.63) is 30.1 Å². The highest BCUT2D eigenvalue weighted by atomic mass is 16.2. The summed E-state index contributed by atoms with van der Waals surface area (Å²) < 4.78 is 0. The van der Waals surface area contributed by atoms with Gasteiger partial charge in [0.1, 0.15) is 0 Å². The second-order valence-corrected chi connectivity index (χ2v) is 5.51. The van der Waals surface area contributed by atoms with Crippen LogP contribution in [-0.4, -0.2) is 60.0 Å². The molecule has 2 aliphatic heterocycles. The number of likely N-dealkylation sites (tertiary alicyclic amines) is 1. The van der Waals surface area contributed by atoms with E-state index in [-0.39, 0.29) is 5.91 Å². The molecule has 5 nitrogen and oxygen atoms in total. The molecule has 108 valence electrons. The zero-order valence-electron chi connectivity index (χ0n) is 11.8. The van der Waals surface area contributed by atoms with E-state index in [0.29, 0.717) is 12.6 Å². The Morgan fingerprint density at radius 1 is 1.30 bits per heavy atom. The molecule has 0 aliphatic carbocycles. The lowest BCUT2D eigenvalue weighted by Crippen LogP contribution is -2.49. The first-order chi connectivity index (χ1) is 9.84. The normalized spacial score (nSPS) is 24.0. The van der Waals surface area contributed by atoms with Crippen LogP contribution in [0.3, 0.4) is 0 Å². The van der Waals surface area contributed by atoms with Gasteiger partial charge in [0.15, 0.2) is 0 Å². The van der Waals surface area contributed by atoms with Crippen molar-refractivity contribution in [1.29, 1.82) is 0 Å². The van der Waals surface area contributed by atoms with Gasteiger partial charge in [0.05, 0.1) is 18.3 Å². The van der Waals surface area contributed by atoms with Gasteiger partial charge in [-0.1, -0.05) is 6.07 Å². The third-order valence-electron chi connectivity index (χ3n) is 4.20. The SMILES string of the molecule is O=C(CN1CCC[C@H]1c1ccccn1)N1CCNCC1. The van der Waals surface area contributed by atoms with Crippen LogP contribution in [0.2, 0.25) is 0 Å². The first kappa shape index (κ1) is 13.5. The number of carbonyl (C=O) groups is 1. The maximum Gasteiger partial charge on any atom is 0.236 e. The van der Waals surface area contributed by atoms with E-state index in [1.165, 1.54) is 0 Å². The van der Waals surface area contributed by atoms with Gasteiger partial charge in [-0.2, -0.15) is 0 Å². The number of nitrogens with one attached hydrogen (secondary N) is 1. The first-order valence-electron chi connectivity index (χ1n) is 7.48. The lowest BCUT2D eigenvalue weighted by atomic mass is 10.1. The van der Waals surface area contributed by atoms with E-state index in [2.05, 4.69) is 21.3 Å². The molecule has 0 saturated carbocycles. The van der Waals surface area contributed by atoms with Gasteiger partial charge in [0.2, 0.25) is 5.91 Å². The molecule has 3 rings (SSSR count). The van der Waals surface area contributed by atoms with Gasteiger partial charge in [-0.3, -0.25) is 14.7 Å². The topological polar surface area (TPSA) is 48.5 Å². The Kier molecular flexibility index (Phi) is 4.28. The van der Waals surface area contributed by atoms with E-state index in [0.717, 1.165) is 51.3 Å². The minimum atomic E-state index is 0.259. The number of aromatic nitrogens is 1. The molecule has 0 radical (unpaired) electrons. The van der Waals surface area contributed by atoms with Crippen molar-refractivity contribution in [2.24, 2.45) is 0 Å². The molecule has 1 amide bonds. The van der Waals surface area contributed by atoms with Crippen molar-refractivity contribution in [3.8, 4) is 0 Å². The second kappa shape index (κ2) is 6.33. The summed E-state index contributed by atoms with van der Waals surface area (Å²) in [7, 11) is 0. The number of pyridine rings is 1. The minimum absolute atomic E-state index is 0.259. The van der Waals surface area contributed by atoms with Gasteiger partial charge in [-0.05, 0) is 31.5 Å². The van der Waals surface area contributed by atoms with Gasteiger partial charge < -0.3 is 10.2 Å². The highest BCUT2D eigenvalue weighted by Gasteiger charge is 2.29. The molecule has 0 aromatic carbocycles. The zero-order valence-corrected chi connectivity index (χ0v) is 11.8. The fourth-order valence-corrected chi connectivity index (χ4v) is 3.11. The molecular weight excluding hydrogens is 252 g/mol. The number of piperazine rings is 1. The van der Waals surface area contributed by atoms with Gasteiger partial charge >= 0.3 is 0 Å². The van der Waals surface area contributed by atoms with Crippen molar-refractivity contribution in [3.63, 3.8) is 0 Å². The number of hydrogen-bond acceptors (Lipinski definition) is 4. The molecule has 2 saturated heterocycles. The Bertz CT molecular complexity index is 444. The molecule has 2 aliphatic rings. The third-order valence-corrected chi connectivity index (χ3v) is 4.20. The summed E-state index contributed by atoms with van der Waals surface area (Å²) in [6.07, 6.45) is 4.09. The largest absolute Gasteiger partial charge is 0.339 e. The summed E-state index contributed by atoms with van der Waals surface area (Å²) in [6, 6.07) is 6.34. The van der Waals surface area contributed by atoms with Crippen molar-refractivity contribution >= 4 is 5.91 Å². The number of hydrogen-bond donors (Lipinski definition) is 1. The maximum atomic E-state index is 12.4.